The maximum absolute atomic E-state index is 6.09. The van der Waals surface area contributed by atoms with Crippen molar-refractivity contribution in [3.05, 3.63) is 0 Å². The van der Waals surface area contributed by atoms with Gasteiger partial charge < -0.3 is 5.73 Å². The number of nitrogens with zero attached hydrogens (tertiary/aromatic N) is 1. The van der Waals surface area contributed by atoms with Crippen molar-refractivity contribution in [3.8, 4) is 0 Å². The van der Waals surface area contributed by atoms with Gasteiger partial charge >= 0.3 is 0 Å². The van der Waals surface area contributed by atoms with Gasteiger partial charge in [-0.25, -0.2) is 0 Å². The number of unbranched alkanes of at least 4 members (excludes halogenated alkanes) is 1. The second-order valence-corrected chi connectivity index (χ2v) is 5.89. The highest BCUT2D eigenvalue weighted by Gasteiger charge is 2.18. The molecular formula is C11H24N2S. The molecule has 1 fully saturated rings. The molecule has 1 saturated heterocycles. The molecule has 0 saturated carbocycles. The zero-order chi connectivity index (χ0) is 10.4. The van der Waals surface area contributed by atoms with Gasteiger partial charge in [0.15, 0.2) is 0 Å². The predicted molar refractivity (Wildman–Crippen MR) is 65.9 cm³/mol. The lowest BCUT2D eigenvalue weighted by Crippen LogP contribution is -2.43. The molecule has 14 heavy (non-hydrogen) atoms. The maximum Gasteiger partial charge on any atom is 0.0167 e. The third-order valence-corrected chi connectivity index (χ3v) is 3.88. The van der Waals surface area contributed by atoms with E-state index in [0.717, 1.165) is 11.8 Å². The highest BCUT2D eigenvalue weighted by atomic mass is 32.2. The fraction of sp³-hybridized carbons (Fsp3) is 1.00. The van der Waals surface area contributed by atoms with Crippen molar-refractivity contribution < 1.29 is 0 Å². The highest BCUT2D eigenvalue weighted by Crippen LogP contribution is 2.17. The molecule has 0 bridgehead atoms. The lowest BCUT2D eigenvalue weighted by molar-refractivity contribution is 0.262. The summed E-state index contributed by atoms with van der Waals surface area (Å²) in [6, 6.07) is 0.394. The van der Waals surface area contributed by atoms with Crippen molar-refractivity contribution in [2.45, 2.75) is 44.4 Å². The second-order valence-electron chi connectivity index (χ2n) is 4.34. The second kappa shape index (κ2) is 6.70. The highest BCUT2D eigenvalue weighted by molar-refractivity contribution is 7.99. The summed E-state index contributed by atoms with van der Waals surface area (Å²) in [6.45, 7) is 8.10. The van der Waals surface area contributed by atoms with Crippen LogP contribution in [-0.4, -0.2) is 41.6 Å². The summed E-state index contributed by atoms with van der Waals surface area (Å²) in [6.07, 6.45) is 3.73. The van der Waals surface area contributed by atoms with E-state index in [1.54, 1.807) is 0 Å². The van der Waals surface area contributed by atoms with Gasteiger partial charge in [-0.1, -0.05) is 26.7 Å². The van der Waals surface area contributed by atoms with Crippen molar-refractivity contribution in [2.75, 3.05) is 25.4 Å². The van der Waals surface area contributed by atoms with Gasteiger partial charge in [0.1, 0.15) is 0 Å². The molecule has 0 amide bonds. The van der Waals surface area contributed by atoms with Crippen LogP contribution >= 0.6 is 11.8 Å². The van der Waals surface area contributed by atoms with Gasteiger partial charge in [0.2, 0.25) is 0 Å². The molecule has 1 heterocycles. The Morgan fingerprint density at radius 3 is 3.00 bits per heavy atom. The van der Waals surface area contributed by atoms with Crippen LogP contribution in [0.1, 0.15) is 33.1 Å². The van der Waals surface area contributed by atoms with Crippen molar-refractivity contribution in [2.24, 2.45) is 5.73 Å². The van der Waals surface area contributed by atoms with Crippen LogP contribution in [0, 0.1) is 0 Å². The average molecular weight is 216 g/mol. The van der Waals surface area contributed by atoms with Gasteiger partial charge in [0, 0.05) is 36.7 Å². The Labute approximate surface area is 92.6 Å². The molecule has 0 aromatic rings. The van der Waals surface area contributed by atoms with Crippen LogP contribution in [0.2, 0.25) is 0 Å². The number of hydrogen-bond donors (Lipinski definition) is 1. The summed E-state index contributed by atoms with van der Waals surface area (Å²) in [5.41, 5.74) is 6.09. The van der Waals surface area contributed by atoms with E-state index in [0.29, 0.717) is 6.04 Å². The number of rotatable bonds is 5. The quantitative estimate of drug-likeness (QED) is 0.761. The zero-order valence-corrected chi connectivity index (χ0v) is 10.4. The van der Waals surface area contributed by atoms with Crippen LogP contribution in [0.25, 0.3) is 0 Å². The van der Waals surface area contributed by atoms with Gasteiger partial charge in [-0.05, 0) is 6.42 Å². The van der Waals surface area contributed by atoms with E-state index in [-0.39, 0.29) is 0 Å². The minimum absolute atomic E-state index is 0.394. The SMILES string of the molecule is CCCCC(N)CN1CCSC(C)C1. The Morgan fingerprint density at radius 2 is 2.36 bits per heavy atom. The van der Waals surface area contributed by atoms with E-state index in [1.807, 2.05) is 0 Å². The smallest absolute Gasteiger partial charge is 0.0167 e. The Hall–Kier alpha value is 0.270. The predicted octanol–water partition coefficient (Wildman–Crippen LogP) is 1.94. The van der Waals surface area contributed by atoms with Gasteiger partial charge in [0.05, 0.1) is 0 Å². The average Bonchev–Trinajstić information content (AvgIpc) is 2.15. The molecule has 2 N–H and O–H groups in total. The molecular weight excluding hydrogens is 192 g/mol. The Kier molecular flexibility index (Phi) is 5.90. The molecule has 1 aliphatic rings. The largest absolute Gasteiger partial charge is 0.327 e. The molecule has 1 aliphatic heterocycles. The normalized spacial score (nSPS) is 26.4. The standard InChI is InChI=1S/C11H24N2S/c1-3-4-5-11(12)9-13-6-7-14-10(2)8-13/h10-11H,3-9,12H2,1-2H3. The van der Waals surface area contributed by atoms with Crippen LogP contribution in [0.4, 0.5) is 0 Å². The van der Waals surface area contributed by atoms with Crippen molar-refractivity contribution in [3.63, 3.8) is 0 Å². The third kappa shape index (κ3) is 4.67. The van der Waals surface area contributed by atoms with Crippen LogP contribution in [0.3, 0.4) is 0 Å². The minimum Gasteiger partial charge on any atom is -0.327 e. The molecule has 1 rings (SSSR count). The van der Waals surface area contributed by atoms with Crippen LogP contribution < -0.4 is 5.73 Å². The third-order valence-electron chi connectivity index (χ3n) is 2.75. The summed E-state index contributed by atoms with van der Waals surface area (Å²) < 4.78 is 0. The molecule has 0 radical (unpaired) electrons. The zero-order valence-electron chi connectivity index (χ0n) is 9.54. The molecule has 0 aliphatic carbocycles. The van der Waals surface area contributed by atoms with E-state index >= 15 is 0 Å². The van der Waals surface area contributed by atoms with Gasteiger partial charge in [-0.3, -0.25) is 4.90 Å². The molecule has 3 heteroatoms. The van der Waals surface area contributed by atoms with E-state index < -0.39 is 0 Å². The van der Waals surface area contributed by atoms with Gasteiger partial charge in [-0.2, -0.15) is 11.8 Å². The lowest BCUT2D eigenvalue weighted by Gasteiger charge is -2.32. The number of nitrogens with two attached hydrogens (primary N) is 1. The molecule has 0 aromatic heterocycles. The molecule has 0 spiro atoms. The van der Waals surface area contributed by atoms with E-state index in [1.165, 1.54) is 38.1 Å². The van der Waals surface area contributed by atoms with E-state index in [4.69, 9.17) is 5.73 Å². The summed E-state index contributed by atoms with van der Waals surface area (Å²) in [4.78, 5) is 2.53. The minimum atomic E-state index is 0.394. The Balaban J connectivity index is 2.15. The molecule has 2 atom stereocenters. The van der Waals surface area contributed by atoms with Crippen molar-refractivity contribution >= 4 is 11.8 Å². The van der Waals surface area contributed by atoms with Crippen molar-refractivity contribution in [1.29, 1.82) is 0 Å². The molecule has 2 unspecified atom stereocenters. The Morgan fingerprint density at radius 1 is 1.57 bits per heavy atom. The topological polar surface area (TPSA) is 29.3 Å². The van der Waals surface area contributed by atoms with E-state index in [9.17, 15) is 0 Å². The van der Waals surface area contributed by atoms with E-state index in [2.05, 4.69) is 30.5 Å². The van der Waals surface area contributed by atoms with Gasteiger partial charge in [-0.15, -0.1) is 0 Å². The fourth-order valence-corrected chi connectivity index (χ4v) is 3.03. The Bertz CT molecular complexity index is 152. The van der Waals surface area contributed by atoms with Gasteiger partial charge in [0.25, 0.3) is 0 Å². The lowest BCUT2D eigenvalue weighted by atomic mass is 10.1. The first kappa shape index (κ1) is 12.3. The summed E-state index contributed by atoms with van der Waals surface area (Å²) in [5, 5.41) is 0.794. The number of hydrogen-bond acceptors (Lipinski definition) is 3. The molecule has 0 aromatic carbocycles. The first-order valence-corrected chi connectivity index (χ1v) is 6.86. The first-order chi connectivity index (χ1) is 6.72. The van der Waals surface area contributed by atoms with Crippen LogP contribution in [-0.2, 0) is 0 Å². The van der Waals surface area contributed by atoms with Crippen LogP contribution in [0.5, 0.6) is 0 Å². The summed E-state index contributed by atoms with van der Waals surface area (Å²) in [7, 11) is 0. The monoisotopic (exact) mass is 216 g/mol. The number of thioether (sulfide) groups is 1. The first-order valence-electron chi connectivity index (χ1n) is 5.82. The maximum atomic E-state index is 6.09. The summed E-state index contributed by atoms with van der Waals surface area (Å²) >= 11 is 2.08. The fourth-order valence-electron chi connectivity index (χ4n) is 1.95. The van der Waals surface area contributed by atoms with Crippen molar-refractivity contribution in [1.82, 2.24) is 4.90 Å². The molecule has 84 valence electrons. The summed E-state index contributed by atoms with van der Waals surface area (Å²) in [5.74, 6) is 1.28. The van der Waals surface area contributed by atoms with Crippen LogP contribution in [0.15, 0.2) is 0 Å². The molecule has 2 nitrogen and oxygen atoms in total.